The summed E-state index contributed by atoms with van der Waals surface area (Å²) in [5.41, 5.74) is 7.95. The van der Waals surface area contributed by atoms with E-state index >= 15 is 0 Å². The number of aromatic nitrogens is 3. The number of nitrogens with zero attached hydrogens (tertiary/aromatic N) is 4. The molecule has 3 aromatic heterocycles. The first-order valence-electron chi connectivity index (χ1n) is 11.9. The number of halogens is 6. The van der Waals surface area contributed by atoms with Gasteiger partial charge in [0.05, 0.1) is 29.6 Å². The molecule has 0 spiro atoms. The average Bonchev–Trinajstić information content (AvgIpc) is 3.28. The molecule has 0 atom stereocenters. The average molecular weight is 572 g/mol. The van der Waals surface area contributed by atoms with Crippen LogP contribution in [0.15, 0.2) is 103 Å². The number of para-hydroxylation sites is 1. The molecule has 0 saturated carbocycles. The molecule has 3 aromatic carbocycles. The molecule has 0 aliphatic rings. The quantitative estimate of drug-likeness (QED) is 0.0898. The fraction of sp³-hybridized carbons (Fsp3) is 0.0690. The van der Waals surface area contributed by atoms with Crippen molar-refractivity contribution in [1.29, 1.82) is 5.26 Å². The second kappa shape index (κ2) is 9.92. The number of hydrogen-bond acceptors (Lipinski definition) is 2. The van der Waals surface area contributed by atoms with E-state index in [1.165, 1.54) is 29.2 Å². The van der Waals surface area contributed by atoms with Crippen LogP contribution in [0.2, 0.25) is 0 Å². The summed E-state index contributed by atoms with van der Waals surface area (Å²) >= 11 is 0. The number of imidazole rings is 1. The Bertz CT molecular complexity index is 1850. The number of nitriles is 1. The summed E-state index contributed by atoms with van der Waals surface area (Å²) < 4.78 is 63.6. The molecule has 0 radical (unpaired) electrons. The van der Waals surface area contributed by atoms with Gasteiger partial charge in [0.15, 0.2) is 0 Å². The molecular formula is C29H23F6N4P. The normalized spacial score (nSPS) is 12.9. The van der Waals surface area contributed by atoms with Crippen molar-refractivity contribution < 1.29 is 29.7 Å². The topological polar surface area (TPSA) is 45.0 Å². The molecule has 11 heteroatoms. The monoisotopic (exact) mass is 572 g/mol. The van der Waals surface area contributed by atoms with E-state index in [9.17, 15) is 25.2 Å². The van der Waals surface area contributed by atoms with E-state index < -0.39 is 7.81 Å². The van der Waals surface area contributed by atoms with Gasteiger partial charge in [-0.1, -0.05) is 78.9 Å². The Kier molecular flexibility index (Phi) is 7.08. The van der Waals surface area contributed by atoms with E-state index in [-0.39, 0.29) is 0 Å². The first kappa shape index (κ1) is 28.5. The van der Waals surface area contributed by atoms with Crippen LogP contribution in [0.4, 0.5) is 25.2 Å². The summed E-state index contributed by atoms with van der Waals surface area (Å²) in [5, 5.41) is 9.62. The Morgan fingerprint density at radius 1 is 0.775 bits per heavy atom. The maximum absolute atomic E-state index is 10.7. The minimum atomic E-state index is -10.7. The SMILES string of the molecule is CC#N.C[n+]1ccn2c3nc4ccccc4cc3c(-c3ccccc3)c(-c3ccccc3)c21.F[P-](F)(F)(F)(F)F. The van der Waals surface area contributed by atoms with Gasteiger partial charge in [-0.25, -0.2) is 9.55 Å². The molecule has 6 rings (SSSR count). The van der Waals surface area contributed by atoms with Crippen LogP contribution >= 0.6 is 7.81 Å². The predicted molar refractivity (Wildman–Crippen MR) is 147 cm³/mol. The van der Waals surface area contributed by atoms with Gasteiger partial charge in [-0.3, -0.25) is 0 Å². The first-order valence-corrected chi connectivity index (χ1v) is 13.9. The number of rotatable bonds is 2. The van der Waals surface area contributed by atoms with Crippen LogP contribution < -0.4 is 4.57 Å². The van der Waals surface area contributed by atoms with Gasteiger partial charge in [0.25, 0.3) is 5.65 Å². The molecule has 0 fully saturated rings. The van der Waals surface area contributed by atoms with Gasteiger partial charge in [-0.2, -0.15) is 9.66 Å². The molecule has 40 heavy (non-hydrogen) atoms. The summed E-state index contributed by atoms with van der Waals surface area (Å²) in [6, 6.07) is 33.7. The second-order valence-electron chi connectivity index (χ2n) is 8.82. The molecule has 6 aromatic rings. The summed E-state index contributed by atoms with van der Waals surface area (Å²) in [5.74, 6) is 0. The van der Waals surface area contributed by atoms with E-state index in [2.05, 4.69) is 113 Å². The number of pyridine rings is 2. The van der Waals surface area contributed by atoms with Crippen molar-refractivity contribution in [3.63, 3.8) is 0 Å². The number of aryl methyl sites for hydroxylation is 1. The molecular weight excluding hydrogens is 549 g/mol. The van der Waals surface area contributed by atoms with Crippen LogP contribution in [0, 0.1) is 11.3 Å². The maximum atomic E-state index is 9.87. The zero-order valence-corrected chi connectivity index (χ0v) is 22.2. The van der Waals surface area contributed by atoms with Gasteiger partial charge >= 0.3 is 33.0 Å². The van der Waals surface area contributed by atoms with E-state index in [1.807, 2.05) is 6.07 Å². The van der Waals surface area contributed by atoms with E-state index in [0.29, 0.717) is 0 Å². The Hall–Kier alpha value is -4.48. The van der Waals surface area contributed by atoms with Crippen molar-refractivity contribution in [2.75, 3.05) is 0 Å². The van der Waals surface area contributed by atoms with Gasteiger partial charge in [0.1, 0.15) is 12.4 Å². The molecule has 3 heterocycles. The number of benzene rings is 3. The third kappa shape index (κ3) is 6.93. The fourth-order valence-electron chi connectivity index (χ4n) is 4.45. The standard InChI is InChI=1S/C27H20N3.C2H3N.F6P/c1-29-16-17-30-26-22(18-21-14-8-9-15-23(21)28-26)24(19-10-4-2-5-11-19)25(27(29)30)20-12-6-3-7-13-20;1-2-3;1-7(2,3,4,5)6/h2-18H,1H3;1H3;/q+1;;-1. The van der Waals surface area contributed by atoms with Crippen LogP contribution in [0.25, 0.3) is 49.8 Å². The third-order valence-corrected chi connectivity index (χ3v) is 5.80. The number of hydrogen-bond donors (Lipinski definition) is 0. The molecule has 0 saturated heterocycles. The first-order chi connectivity index (χ1) is 18.7. The van der Waals surface area contributed by atoms with Crippen molar-refractivity contribution >= 4 is 35.4 Å². The Morgan fingerprint density at radius 3 is 1.80 bits per heavy atom. The fourth-order valence-corrected chi connectivity index (χ4v) is 4.45. The molecule has 0 aliphatic heterocycles. The predicted octanol–water partition coefficient (Wildman–Crippen LogP) is 9.71. The zero-order chi connectivity index (χ0) is 29.2. The van der Waals surface area contributed by atoms with Gasteiger partial charge < -0.3 is 0 Å². The van der Waals surface area contributed by atoms with E-state index in [0.717, 1.165) is 27.6 Å². The summed E-state index contributed by atoms with van der Waals surface area (Å²) in [6.45, 7) is 1.43. The molecule has 0 amide bonds. The Labute approximate surface area is 225 Å². The number of fused-ring (bicyclic) bond motifs is 4. The zero-order valence-electron chi connectivity index (χ0n) is 21.3. The molecule has 4 nitrogen and oxygen atoms in total. The van der Waals surface area contributed by atoms with Crippen molar-refractivity contribution in [2.45, 2.75) is 6.92 Å². The summed E-state index contributed by atoms with van der Waals surface area (Å²) in [6.07, 6.45) is 4.22. The van der Waals surface area contributed by atoms with Crippen molar-refractivity contribution in [2.24, 2.45) is 7.05 Å². The van der Waals surface area contributed by atoms with Crippen LogP contribution in [0.1, 0.15) is 6.92 Å². The van der Waals surface area contributed by atoms with Crippen molar-refractivity contribution in [3.8, 4) is 28.3 Å². The van der Waals surface area contributed by atoms with Crippen LogP contribution in [0.5, 0.6) is 0 Å². The summed E-state index contributed by atoms with van der Waals surface area (Å²) in [7, 11) is -8.56. The molecule has 0 unspecified atom stereocenters. The van der Waals surface area contributed by atoms with Crippen LogP contribution in [-0.2, 0) is 7.05 Å². The third-order valence-electron chi connectivity index (χ3n) is 5.80. The summed E-state index contributed by atoms with van der Waals surface area (Å²) in [4.78, 5) is 5.09. The van der Waals surface area contributed by atoms with Gasteiger partial charge in [0.2, 0.25) is 5.65 Å². The van der Waals surface area contributed by atoms with Crippen LogP contribution in [-0.4, -0.2) is 9.38 Å². The minimum absolute atomic E-state index is 0.975. The Morgan fingerprint density at radius 2 is 1.25 bits per heavy atom. The van der Waals surface area contributed by atoms with Gasteiger partial charge in [-0.05, 0) is 23.3 Å². The van der Waals surface area contributed by atoms with E-state index in [4.69, 9.17) is 10.2 Å². The second-order valence-corrected chi connectivity index (χ2v) is 10.7. The Balaban J connectivity index is 0.000000321. The van der Waals surface area contributed by atoms with Crippen molar-refractivity contribution in [1.82, 2.24) is 9.38 Å². The van der Waals surface area contributed by atoms with Gasteiger partial charge in [-0.15, -0.1) is 0 Å². The molecule has 0 aliphatic carbocycles. The van der Waals surface area contributed by atoms with Crippen molar-refractivity contribution in [3.05, 3.63) is 103 Å². The van der Waals surface area contributed by atoms with Gasteiger partial charge in [0, 0.05) is 17.9 Å². The van der Waals surface area contributed by atoms with Crippen LogP contribution in [0.3, 0.4) is 0 Å². The van der Waals surface area contributed by atoms with E-state index in [1.54, 1.807) is 6.07 Å². The molecule has 206 valence electrons. The molecule has 0 bridgehead atoms. The molecule has 0 N–H and O–H groups in total.